The molecule has 0 aliphatic heterocycles. The number of hydrogen-bond acceptors (Lipinski definition) is 2. The summed E-state index contributed by atoms with van der Waals surface area (Å²) in [6, 6.07) is 7.91. The number of nitrogens with zero attached hydrogens (tertiary/aromatic N) is 2. The molecule has 27 heavy (non-hydrogen) atoms. The maximum absolute atomic E-state index is 13.9. The van der Waals surface area contributed by atoms with Gasteiger partial charge >= 0.3 is 6.18 Å². The monoisotopic (exact) mass is 401 g/mol. The highest BCUT2D eigenvalue weighted by atomic mass is 35.5. The first-order valence-corrected chi connectivity index (χ1v) is 7.73. The van der Waals surface area contributed by atoms with Gasteiger partial charge in [0.2, 0.25) is 0 Å². The number of alkyl halides is 3. The molecular weight excluding hydrogens is 393 g/mol. The van der Waals surface area contributed by atoms with Crippen LogP contribution >= 0.6 is 11.6 Å². The highest BCUT2D eigenvalue weighted by Gasteiger charge is 2.41. The van der Waals surface area contributed by atoms with E-state index in [1.807, 2.05) is 0 Å². The van der Waals surface area contributed by atoms with Crippen molar-refractivity contribution in [2.45, 2.75) is 6.18 Å². The van der Waals surface area contributed by atoms with E-state index in [2.05, 4.69) is 10.4 Å². The first-order chi connectivity index (χ1) is 12.7. The molecule has 0 fully saturated rings. The van der Waals surface area contributed by atoms with Gasteiger partial charge in [-0.1, -0.05) is 23.7 Å². The zero-order chi connectivity index (χ0) is 19.8. The topological polar surface area (TPSA) is 46.9 Å². The lowest BCUT2D eigenvalue weighted by molar-refractivity contribution is -0.143. The van der Waals surface area contributed by atoms with E-state index in [4.69, 9.17) is 11.6 Å². The number of halogens is 6. The number of carbonyl (C=O) groups is 1. The molecule has 0 spiro atoms. The third-order valence-corrected chi connectivity index (χ3v) is 3.85. The molecule has 2 aromatic carbocycles. The number of para-hydroxylation sites is 1. The largest absolute Gasteiger partial charge is 0.434 e. The highest BCUT2D eigenvalue weighted by Crippen LogP contribution is 2.34. The summed E-state index contributed by atoms with van der Waals surface area (Å²) >= 11 is 5.52. The van der Waals surface area contributed by atoms with Crippen LogP contribution in [0.5, 0.6) is 0 Å². The summed E-state index contributed by atoms with van der Waals surface area (Å²) < 4.78 is 68.3. The van der Waals surface area contributed by atoms with E-state index in [1.165, 1.54) is 18.2 Å². The molecule has 1 aromatic heterocycles. The lowest BCUT2D eigenvalue weighted by atomic mass is 10.2. The van der Waals surface area contributed by atoms with Crippen LogP contribution in [0.3, 0.4) is 0 Å². The Morgan fingerprint density at radius 1 is 1.07 bits per heavy atom. The summed E-state index contributed by atoms with van der Waals surface area (Å²) in [4.78, 5) is 12.3. The van der Waals surface area contributed by atoms with Crippen molar-refractivity contribution in [3.8, 4) is 5.69 Å². The number of benzene rings is 2. The van der Waals surface area contributed by atoms with Crippen LogP contribution in [0, 0.1) is 11.6 Å². The average molecular weight is 402 g/mol. The minimum Gasteiger partial charge on any atom is -0.322 e. The van der Waals surface area contributed by atoms with Gasteiger partial charge in [-0.15, -0.1) is 0 Å². The van der Waals surface area contributed by atoms with Crippen LogP contribution < -0.4 is 5.32 Å². The molecule has 1 N–H and O–H groups in total. The first-order valence-electron chi connectivity index (χ1n) is 7.35. The van der Waals surface area contributed by atoms with E-state index in [0.29, 0.717) is 10.9 Å². The zero-order valence-corrected chi connectivity index (χ0v) is 13.9. The molecule has 0 aliphatic rings. The van der Waals surface area contributed by atoms with Gasteiger partial charge in [-0.3, -0.25) is 4.79 Å². The molecule has 140 valence electrons. The van der Waals surface area contributed by atoms with Crippen molar-refractivity contribution in [2.75, 3.05) is 5.32 Å². The molecule has 0 aliphatic carbocycles. The Morgan fingerprint density at radius 3 is 2.41 bits per heavy atom. The van der Waals surface area contributed by atoms with Gasteiger partial charge < -0.3 is 5.32 Å². The van der Waals surface area contributed by atoms with Crippen LogP contribution in [-0.2, 0) is 6.18 Å². The summed E-state index contributed by atoms with van der Waals surface area (Å²) in [5.74, 6) is -2.99. The first kappa shape index (κ1) is 18.8. The summed E-state index contributed by atoms with van der Waals surface area (Å²) in [5, 5.41) is 5.43. The second kappa shape index (κ2) is 6.99. The van der Waals surface area contributed by atoms with Crippen molar-refractivity contribution < 1.29 is 26.7 Å². The Labute approximate surface area is 154 Å². The smallest absolute Gasteiger partial charge is 0.322 e. The molecule has 0 saturated heterocycles. The van der Waals surface area contributed by atoms with Gasteiger partial charge in [0.15, 0.2) is 5.69 Å². The number of aromatic nitrogens is 2. The maximum Gasteiger partial charge on any atom is 0.434 e. The third kappa shape index (κ3) is 3.77. The molecule has 0 atom stereocenters. The average Bonchev–Trinajstić information content (AvgIpc) is 3.04. The molecule has 0 radical (unpaired) electrons. The SMILES string of the molecule is O=C(Nc1ccc(Cl)c(F)c1)c1cnn(-c2ccccc2F)c1C(F)(F)F. The number of nitrogens with one attached hydrogen (secondary N) is 1. The van der Waals surface area contributed by atoms with Crippen molar-refractivity contribution in [3.63, 3.8) is 0 Å². The predicted molar refractivity (Wildman–Crippen MR) is 87.9 cm³/mol. The summed E-state index contributed by atoms with van der Waals surface area (Å²) in [6.07, 6.45) is -4.34. The number of carbonyl (C=O) groups excluding carboxylic acids is 1. The summed E-state index contributed by atoms with van der Waals surface area (Å²) in [7, 11) is 0. The fraction of sp³-hybridized carbons (Fsp3) is 0.0588. The number of amides is 1. The van der Waals surface area contributed by atoms with Crippen LogP contribution in [0.2, 0.25) is 5.02 Å². The number of anilines is 1. The van der Waals surface area contributed by atoms with Gasteiger partial charge in [-0.05, 0) is 30.3 Å². The second-order valence-corrected chi connectivity index (χ2v) is 5.76. The van der Waals surface area contributed by atoms with Crippen LogP contribution in [0.4, 0.5) is 27.6 Å². The molecule has 1 amide bonds. The quantitative estimate of drug-likeness (QED) is 0.622. The third-order valence-electron chi connectivity index (χ3n) is 3.54. The lowest BCUT2D eigenvalue weighted by Gasteiger charge is -2.13. The zero-order valence-electron chi connectivity index (χ0n) is 13.2. The Kier molecular flexibility index (Phi) is 4.88. The van der Waals surface area contributed by atoms with Crippen LogP contribution in [0.25, 0.3) is 5.69 Å². The molecule has 3 rings (SSSR count). The van der Waals surface area contributed by atoms with E-state index in [1.54, 1.807) is 0 Å². The second-order valence-electron chi connectivity index (χ2n) is 5.35. The van der Waals surface area contributed by atoms with Crippen molar-refractivity contribution in [3.05, 3.63) is 76.6 Å². The van der Waals surface area contributed by atoms with Crippen molar-refractivity contribution in [1.29, 1.82) is 0 Å². The molecule has 10 heteroatoms. The standard InChI is InChI=1S/C17H9ClF5N3O/c18-11-6-5-9(7-13(11)20)25-16(27)10-8-24-26(15(10)17(21,22)23)14-4-2-1-3-12(14)19/h1-8H,(H,25,27). The van der Waals surface area contributed by atoms with Gasteiger partial charge in [-0.25, -0.2) is 13.5 Å². The van der Waals surface area contributed by atoms with Gasteiger partial charge in [0.05, 0.1) is 16.8 Å². The molecule has 3 aromatic rings. The maximum atomic E-state index is 13.9. The summed E-state index contributed by atoms with van der Waals surface area (Å²) in [6.45, 7) is 0. The van der Waals surface area contributed by atoms with E-state index in [0.717, 1.165) is 24.3 Å². The Hall–Kier alpha value is -2.94. The van der Waals surface area contributed by atoms with Gasteiger partial charge in [0, 0.05) is 5.69 Å². The fourth-order valence-electron chi connectivity index (χ4n) is 2.37. The molecule has 0 bridgehead atoms. The molecule has 0 saturated carbocycles. The van der Waals surface area contributed by atoms with E-state index in [9.17, 15) is 26.7 Å². The van der Waals surface area contributed by atoms with Crippen molar-refractivity contribution >= 4 is 23.2 Å². The van der Waals surface area contributed by atoms with Crippen molar-refractivity contribution in [2.24, 2.45) is 0 Å². The summed E-state index contributed by atoms with van der Waals surface area (Å²) in [5.41, 5.74) is -2.88. The van der Waals surface area contributed by atoms with Crippen LogP contribution in [0.1, 0.15) is 16.1 Å². The van der Waals surface area contributed by atoms with Gasteiger partial charge in [-0.2, -0.15) is 18.3 Å². The highest BCUT2D eigenvalue weighted by molar-refractivity contribution is 6.30. The van der Waals surface area contributed by atoms with E-state index in [-0.39, 0.29) is 10.7 Å². The normalized spacial score (nSPS) is 11.5. The molecule has 4 nitrogen and oxygen atoms in total. The fourth-order valence-corrected chi connectivity index (χ4v) is 2.48. The minimum atomic E-state index is -5.00. The Bertz CT molecular complexity index is 1020. The van der Waals surface area contributed by atoms with Gasteiger partial charge in [0.1, 0.15) is 17.3 Å². The molecular formula is C17H9ClF5N3O. The Morgan fingerprint density at radius 2 is 1.78 bits per heavy atom. The number of hydrogen-bond donors (Lipinski definition) is 1. The minimum absolute atomic E-state index is 0.103. The predicted octanol–water partition coefficient (Wildman–Crippen LogP) is 5.08. The van der Waals surface area contributed by atoms with Crippen molar-refractivity contribution in [1.82, 2.24) is 9.78 Å². The van der Waals surface area contributed by atoms with Crippen LogP contribution in [0.15, 0.2) is 48.7 Å². The van der Waals surface area contributed by atoms with E-state index >= 15 is 0 Å². The molecule has 0 unspecified atom stereocenters. The van der Waals surface area contributed by atoms with E-state index < -0.39 is 40.7 Å². The lowest BCUT2D eigenvalue weighted by Crippen LogP contribution is -2.21. The van der Waals surface area contributed by atoms with Gasteiger partial charge in [0.25, 0.3) is 5.91 Å². The Balaban J connectivity index is 2.04. The molecule has 1 heterocycles. The van der Waals surface area contributed by atoms with Crippen LogP contribution in [-0.4, -0.2) is 15.7 Å². The number of rotatable bonds is 3.